The zero-order valence-corrected chi connectivity index (χ0v) is 23.0. The van der Waals surface area contributed by atoms with Gasteiger partial charge in [-0.15, -0.1) is 0 Å². The third-order valence-corrected chi connectivity index (χ3v) is 8.01. The van der Waals surface area contributed by atoms with E-state index in [0.29, 0.717) is 17.8 Å². The number of hydrogen-bond acceptors (Lipinski definition) is 3. The highest BCUT2D eigenvalue weighted by Crippen LogP contribution is 2.26. The smallest absolute Gasteiger partial charge is 0.255 e. The molecule has 1 amide bonds. The van der Waals surface area contributed by atoms with Gasteiger partial charge in [-0.3, -0.25) is 9.20 Å². The van der Waals surface area contributed by atoms with Crippen LogP contribution < -0.4 is 0 Å². The minimum Gasteiger partial charge on any atom is -0.339 e. The summed E-state index contributed by atoms with van der Waals surface area (Å²) in [6.07, 6.45) is 7.46. The number of amides is 1. The highest BCUT2D eigenvalue weighted by molar-refractivity contribution is 14.1. The zero-order valence-electron chi connectivity index (χ0n) is 19.3. The van der Waals surface area contributed by atoms with Gasteiger partial charge in [-0.2, -0.15) is 0 Å². The Kier molecular flexibility index (Phi) is 9.22. The van der Waals surface area contributed by atoms with E-state index in [1.54, 1.807) is 0 Å². The number of halogens is 2. The normalized spacial score (nSPS) is 16.0. The van der Waals surface area contributed by atoms with E-state index in [9.17, 15) is 4.79 Å². The molecular weight excluding hydrogens is 567 g/mol. The minimum absolute atomic E-state index is 0.138. The van der Waals surface area contributed by atoms with Crippen LogP contribution in [0, 0.1) is 21.5 Å². The van der Waals surface area contributed by atoms with Crippen molar-refractivity contribution in [3.63, 3.8) is 0 Å². The van der Waals surface area contributed by atoms with Crippen LogP contribution in [0.5, 0.6) is 0 Å². The third-order valence-electron chi connectivity index (χ3n) is 6.15. The summed E-state index contributed by atoms with van der Waals surface area (Å²) >= 11 is 5.99. The summed E-state index contributed by atoms with van der Waals surface area (Å²) in [5.74, 6) is 1.99. The third kappa shape index (κ3) is 6.90. The summed E-state index contributed by atoms with van der Waals surface area (Å²) in [5, 5.41) is 0. The first kappa shape index (κ1) is 25.0. The number of piperidine rings is 1. The molecule has 31 heavy (non-hydrogen) atoms. The average Bonchev–Trinajstić information content (AvgIpc) is 3.04. The monoisotopic (exact) mass is 602 g/mol. The lowest BCUT2D eigenvalue weighted by Crippen LogP contribution is -2.34. The second-order valence-corrected chi connectivity index (χ2v) is 11.7. The molecule has 0 spiro atoms. The highest BCUT2D eigenvalue weighted by Gasteiger charge is 2.22. The molecule has 0 aromatic carbocycles. The van der Waals surface area contributed by atoms with Crippen LogP contribution in [-0.4, -0.2) is 50.3 Å². The lowest BCUT2D eigenvalue weighted by Gasteiger charge is -2.26. The van der Waals surface area contributed by atoms with Gasteiger partial charge in [-0.05, 0) is 84.6 Å². The van der Waals surface area contributed by atoms with E-state index in [0.717, 1.165) is 66.0 Å². The van der Waals surface area contributed by atoms with Crippen molar-refractivity contribution in [2.75, 3.05) is 26.2 Å². The number of nitrogens with zero attached hydrogens (tertiary/aromatic N) is 4. The lowest BCUT2D eigenvalue weighted by molar-refractivity contribution is 0.0740. The Bertz CT molecular complexity index is 862. The van der Waals surface area contributed by atoms with Crippen molar-refractivity contribution in [1.82, 2.24) is 18.2 Å². The number of rotatable bonds is 9. The van der Waals surface area contributed by atoms with Crippen LogP contribution in [-0.2, 0) is 6.42 Å². The van der Waals surface area contributed by atoms with Crippen molar-refractivity contribution in [3.8, 4) is 0 Å². The van der Waals surface area contributed by atoms with Crippen LogP contribution in [0.4, 0.5) is 0 Å². The number of imidazole rings is 1. The van der Waals surface area contributed by atoms with E-state index >= 15 is 0 Å². The maximum atomic E-state index is 13.4. The lowest BCUT2D eigenvalue weighted by atomic mass is 9.93. The standard InChI is InChI=1S/C24H36BrIN4O/c1-17(2)7-11-28(12-8-18(3)4)24(31)20-5-6-22-27-21(23(26)30(22)16-20)15-19-9-13-29(25)14-10-19/h5-6,16-19H,7-15H2,1-4H3. The van der Waals surface area contributed by atoms with Crippen LogP contribution in [0.25, 0.3) is 5.65 Å². The van der Waals surface area contributed by atoms with Gasteiger partial charge in [0.2, 0.25) is 0 Å². The molecular formula is C24H36BrIN4O. The van der Waals surface area contributed by atoms with Crippen molar-refractivity contribution in [2.45, 2.75) is 59.8 Å². The molecule has 0 atom stereocenters. The topological polar surface area (TPSA) is 40.9 Å². The van der Waals surface area contributed by atoms with Gasteiger partial charge in [0.15, 0.2) is 0 Å². The molecule has 1 saturated heterocycles. The second-order valence-electron chi connectivity index (χ2n) is 9.71. The van der Waals surface area contributed by atoms with Gasteiger partial charge in [-0.1, -0.05) is 27.7 Å². The fourth-order valence-electron chi connectivity index (χ4n) is 4.03. The Labute approximate surface area is 209 Å². The van der Waals surface area contributed by atoms with E-state index in [2.05, 4.69) is 74.8 Å². The highest BCUT2D eigenvalue weighted by atomic mass is 127. The molecule has 0 radical (unpaired) electrons. The number of carbonyl (C=O) groups is 1. The van der Waals surface area contributed by atoms with Gasteiger partial charge < -0.3 is 4.90 Å². The number of carbonyl (C=O) groups excluding carboxylic acids is 1. The molecule has 0 unspecified atom stereocenters. The number of hydrogen-bond donors (Lipinski definition) is 0. The van der Waals surface area contributed by atoms with E-state index < -0.39 is 0 Å². The van der Waals surface area contributed by atoms with Crippen molar-refractivity contribution < 1.29 is 4.79 Å². The summed E-state index contributed by atoms with van der Waals surface area (Å²) in [7, 11) is 0. The molecule has 1 fully saturated rings. The Balaban J connectivity index is 1.77. The Morgan fingerprint density at radius 1 is 1.16 bits per heavy atom. The maximum Gasteiger partial charge on any atom is 0.255 e. The van der Waals surface area contributed by atoms with Crippen LogP contribution >= 0.6 is 38.7 Å². The molecule has 0 saturated carbocycles. The average molecular weight is 603 g/mol. The summed E-state index contributed by atoms with van der Waals surface area (Å²) in [4.78, 5) is 20.3. The molecule has 3 heterocycles. The predicted molar refractivity (Wildman–Crippen MR) is 140 cm³/mol. The molecule has 5 nitrogen and oxygen atoms in total. The Morgan fingerprint density at radius 3 is 2.35 bits per heavy atom. The Hall–Kier alpha value is -0.670. The largest absolute Gasteiger partial charge is 0.339 e. The summed E-state index contributed by atoms with van der Waals surface area (Å²) < 4.78 is 5.46. The summed E-state index contributed by atoms with van der Waals surface area (Å²) in [6, 6.07) is 3.95. The molecule has 1 aliphatic rings. The zero-order chi connectivity index (χ0) is 22.5. The molecule has 0 N–H and O–H groups in total. The van der Waals surface area contributed by atoms with Gasteiger partial charge in [0.1, 0.15) is 9.35 Å². The van der Waals surface area contributed by atoms with Crippen LogP contribution in [0.2, 0.25) is 0 Å². The van der Waals surface area contributed by atoms with Gasteiger partial charge in [0.25, 0.3) is 5.91 Å². The maximum absolute atomic E-state index is 13.4. The second kappa shape index (κ2) is 11.5. The first-order chi connectivity index (χ1) is 14.7. The summed E-state index contributed by atoms with van der Waals surface area (Å²) in [5.41, 5.74) is 2.86. The fraction of sp³-hybridized carbons (Fsp3) is 0.667. The van der Waals surface area contributed by atoms with E-state index in [-0.39, 0.29) is 5.91 Å². The fourth-order valence-corrected chi connectivity index (χ4v) is 5.16. The predicted octanol–water partition coefficient (Wildman–Crippen LogP) is 6.04. The van der Waals surface area contributed by atoms with Gasteiger partial charge >= 0.3 is 0 Å². The molecule has 0 aliphatic carbocycles. The molecule has 172 valence electrons. The SMILES string of the molecule is CC(C)CCN(CCC(C)C)C(=O)c1ccc2nc(CC3CCN(Br)CC3)c(I)n2c1. The first-order valence-electron chi connectivity index (χ1n) is 11.6. The number of fused-ring (bicyclic) bond motifs is 1. The Morgan fingerprint density at radius 2 is 1.77 bits per heavy atom. The molecule has 7 heteroatoms. The van der Waals surface area contributed by atoms with Crippen LogP contribution in [0.3, 0.4) is 0 Å². The van der Waals surface area contributed by atoms with Crippen molar-refractivity contribution in [1.29, 1.82) is 0 Å². The van der Waals surface area contributed by atoms with Crippen molar-refractivity contribution in [3.05, 3.63) is 33.3 Å². The van der Waals surface area contributed by atoms with E-state index in [4.69, 9.17) is 4.98 Å². The number of pyridine rings is 1. The molecule has 2 aromatic heterocycles. The van der Waals surface area contributed by atoms with Crippen LogP contribution in [0.1, 0.15) is 69.4 Å². The minimum atomic E-state index is 0.138. The number of aromatic nitrogens is 2. The summed E-state index contributed by atoms with van der Waals surface area (Å²) in [6.45, 7) is 12.7. The van der Waals surface area contributed by atoms with Gasteiger partial charge in [0.05, 0.1) is 11.3 Å². The molecule has 2 aromatic rings. The van der Waals surface area contributed by atoms with Gasteiger partial charge in [-0.25, -0.2) is 8.91 Å². The quantitative estimate of drug-likeness (QED) is 0.260. The van der Waals surface area contributed by atoms with Crippen LogP contribution in [0.15, 0.2) is 18.3 Å². The van der Waals surface area contributed by atoms with Gasteiger partial charge in [0, 0.05) is 48.5 Å². The van der Waals surface area contributed by atoms with Crippen molar-refractivity contribution >= 4 is 50.3 Å². The molecule has 3 rings (SSSR count). The first-order valence-corrected chi connectivity index (χ1v) is 13.4. The van der Waals surface area contributed by atoms with Crippen molar-refractivity contribution in [2.24, 2.45) is 17.8 Å². The van der Waals surface area contributed by atoms with E-state index in [1.807, 2.05) is 23.2 Å². The van der Waals surface area contributed by atoms with E-state index in [1.165, 1.54) is 12.8 Å². The molecule has 1 aliphatic heterocycles. The molecule has 0 bridgehead atoms.